The topological polar surface area (TPSA) is 82.0 Å². The lowest BCUT2D eigenvalue weighted by Crippen LogP contribution is -2.41. The lowest BCUT2D eigenvalue weighted by molar-refractivity contribution is -0.114. The van der Waals surface area contributed by atoms with E-state index in [9.17, 15) is 15.0 Å². The maximum Gasteiger partial charge on any atom is 0.221 e. The van der Waals surface area contributed by atoms with Gasteiger partial charge in [0.25, 0.3) is 0 Å². The molecule has 2 aromatic carbocycles. The predicted molar refractivity (Wildman–Crippen MR) is 114 cm³/mol. The molecule has 1 fully saturated rings. The molecule has 2 aromatic rings. The summed E-state index contributed by atoms with van der Waals surface area (Å²) in [7, 11) is 0. The number of carbonyl (C=O) groups excluding carboxylic acids is 1. The zero-order chi connectivity index (χ0) is 20.8. The molecule has 0 aliphatic carbocycles. The van der Waals surface area contributed by atoms with Gasteiger partial charge in [-0.05, 0) is 54.3 Å². The molecule has 1 aliphatic heterocycles. The maximum absolute atomic E-state index is 11.3. The summed E-state index contributed by atoms with van der Waals surface area (Å²) in [4.78, 5) is 13.4. The van der Waals surface area contributed by atoms with Crippen LogP contribution in [0.25, 0.3) is 11.1 Å². The SMILES string of the molecule is CC(=O)Nc1cccc(-c2cc(Cl)cc(OCC(O)CN3CCC(O)CC3)c2)c1. The molecule has 0 saturated carbocycles. The van der Waals surface area contributed by atoms with Crippen molar-refractivity contribution in [2.75, 3.05) is 31.6 Å². The Bertz CT molecular complexity index is 837. The summed E-state index contributed by atoms with van der Waals surface area (Å²) in [5.74, 6) is 0.444. The van der Waals surface area contributed by atoms with Gasteiger partial charge in [-0.15, -0.1) is 0 Å². The van der Waals surface area contributed by atoms with Crippen LogP contribution in [0.4, 0.5) is 5.69 Å². The van der Waals surface area contributed by atoms with Crippen LogP contribution in [0.5, 0.6) is 5.75 Å². The first kappa shape index (κ1) is 21.6. The van der Waals surface area contributed by atoms with Crippen molar-refractivity contribution in [2.24, 2.45) is 0 Å². The summed E-state index contributed by atoms with van der Waals surface area (Å²) in [5, 5.41) is 23.2. The molecule has 1 unspecified atom stereocenters. The van der Waals surface area contributed by atoms with Crippen molar-refractivity contribution in [2.45, 2.75) is 32.0 Å². The van der Waals surface area contributed by atoms with Crippen LogP contribution in [0.15, 0.2) is 42.5 Å². The van der Waals surface area contributed by atoms with Crippen LogP contribution in [-0.4, -0.2) is 59.5 Å². The van der Waals surface area contributed by atoms with Gasteiger partial charge >= 0.3 is 0 Å². The van der Waals surface area contributed by atoms with E-state index in [0.29, 0.717) is 23.0 Å². The maximum atomic E-state index is 11.3. The van der Waals surface area contributed by atoms with Crippen molar-refractivity contribution in [1.29, 1.82) is 0 Å². The highest BCUT2D eigenvalue weighted by molar-refractivity contribution is 6.31. The number of nitrogens with one attached hydrogen (secondary N) is 1. The minimum absolute atomic E-state index is 0.130. The Labute approximate surface area is 176 Å². The van der Waals surface area contributed by atoms with Crippen molar-refractivity contribution in [3.05, 3.63) is 47.5 Å². The molecule has 3 rings (SSSR count). The smallest absolute Gasteiger partial charge is 0.221 e. The zero-order valence-electron chi connectivity index (χ0n) is 16.5. The fourth-order valence-corrected chi connectivity index (χ4v) is 3.66. The molecule has 3 N–H and O–H groups in total. The van der Waals surface area contributed by atoms with Gasteiger partial charge in [0.05, 0.1) is 6.10 Å². The van der Waals surface area contributed by atoms with Gasteiger partial charge in [0, 0.05) is 37.3 Å². The standard InChI is InChI=1S/C22H27ClN2O4/c1-15(26)24-19-4-2-3-16(10-19)17-9-18(23)12-22(11-17)29-14-21(28)13-25-7-5-20(27)6-8-25/h2-4,9-12,20-21,27-28H,5-8,13-14H2,1H3,(H,24,26). The predicted octanol–water partition coefficient (Wildman–Crippen LogP) is 3.16. The number of aliphatic hydroxyl groups is 2. The molecular weight excluding hydrogens is 392 g/mol. The fourth-order valence-electron chi connectivity index (χ4n) is 3.44. The van der Waals surface area contributed by atoms with Crippen molar-refractivity contribution >= 4 is 23.2 Å². The second-order valence-corrected chi connectivity index (χ2v) is 7.87. The molecule has 1 heterocycles. The summed E-state index contributed by atoms with van der Waals surface area (Å²) < 4.78 is 5.79. The normalized spacial score (nSPS) is 16.4. The van der Waals surface area contributed by atoms with Crippen molar-refractivity contribution < 1.29 is 19.7 Å². The first-order valence-corrected chi connectivity index (χ1v) is 10.2. The number of anilines is 1. The second kappa shape index (κ2) is 10.1. The first-order valence-electron chi connectivity index (χ1n) is 9.79. The van der Waals surface area contributed by atoms with Gasteiger partial charge in [0.2, 0.25) is 5.91 Å². The van der Waals surface area contributed by atoms with E-state index >= 15 is 0 Å². The number of β-amino-alcohol motifs (C(OH)–C–C–N with tert-alkyl or cyclic N) is 1. The molecule has 0 aromatic heterocycles. The number of carbonyl (C=O) groups is 1. The highest BCUT2D eigenvalue weighted by atomic mass is 35.5. The van der Waals surface area contributed by atoms with E-state index in [4.69, 9.17) is 16.3 Å². The Morgan fingerprint density at radius 1 is 1.24 bits per heavy atom. The third-order valence-corrected chi connectivity index (χ3v) is 5.07. The molecule has 1 saturated heterocycles. The summed E-state index contributed by atoms with van der Waals surface area (Å²) in [5.41, 5.74) is 2.47. The van der Waals surface area contributed by atoms with E-state index in [-0.39, 0.29) is 18.6 Å². The number of hydrogen-bond donors (Lipinski definition) is 3. The molecule has 156 valence electrons. The van der Waals surface area contributed by atoms with Crippen LogP contribution in [0.2, 0.25) is 5.02 Å². The summed E-state index contributed by atoms with van der Waals surface area (Å²) in [6, 6.07) is 12.9. The number of rotatable bonds is 7. The van der Waals surface area contributed by atoms with Crippen molar-refractivity contribution in [3.63, 3.8) is 0 Å². The van der Waals surface area contributed by atoms with Gasteiger partial charge in [-0.1, -0.05) is 23.7 Å². The number of benzene rings is 2. The third-order valence-electron chi connectivity index (χ3n) is 4.86. The highest BCUT2D eigenvalue weighted by Gasteiger charge is 2.19. The van der Waals surface area contributed by atoms with E-state index < -0.39 is 6.10 Å². The molecule has 1 atom stereocenters. The van der Waals surface area contributed by atoms with Gasteiger partial charge in [-0.3, -0.25) is 4.79 Å². The van der Waals surface area contributed by atoms with Gasteiger partial charge in [0.15, 0.2) is 0 Å². The molecular formula is C22H27ClN2O4. The Hall–Kier alpha value is -2.12. The number of aliphatic hydroxyl groups excluding tert-OH is 2. The van der Waals surface area contributed by atoms with E-state index in [1.165, 1.54) is 6.92 Å². The quantitative estimate of drug-likeness (QED) is 0.643. The van der Waals surface area contributed by atoms with Gasteiger partial charge in [-0.25, -0.2) is 0 Å². The Morgan fingerprint density at radius 3 is 2.72 bits per heavy atom. The van der Waals surface area contributed by atoms with Crippen molar-refractivity contribution in [1.82, 2.24) is 4.90 Å². The van der Waals surface area contributed by atoms with Crippen LogP contribution in [0.3, 0.4) is 0 Å². The number of halogens is 1. The van der Waals surface area contributed by atoms with Crippen LogP contribution in [0, 0.1) is 0 Å². The minimum atomic E-state index is -0.629. The molecule has 0 bridgehead atoms. The van der Waals surface area contributed by atoms with Crippen LogP contribution in [0.1, 0.15) is 19.8 Å². The highest BCUT2D eigenvalue weighted by Crippen LogP contribution is 2.30. The Balaban J connectivity index is 1.62. The minimum Gasteiger partial charge on any atom is -0.491 e. The van der Waals surface area contributed by atoms with Crippen molar-refractivity contribution in [3.8, 4) is 16.9 Å². The summed E-state index contributed by atoms with van der Waals surface area (Å²) >= 11 is 6.26. The second-order valence-electron chi connectivity index (χ2n) is 7.43. The number of ether oxygens (including phenoxy) is 1. The van der Waals surface area contributed by atoms with E-state index in [1.54, 1.807) is 6.07 Å². The number of likely N-dealkylation sites (tertiary alicyclic amines) is 1. The molecule has 1 aliphatic rings. The molecule has 0 radical (unpaired) electrons. The number of hydrogen-bond acceptors (Lipinski definition) is 5. The third kappa shape index (κ3) is 6.72. The van der Waals surface area contributed by atoms with Crippen LogP contribution < -0.4 is 10.1 Å². The van der Waals surface area contributed by atoms with Gasteiger partial charge < -0.3 is 25.2 Å². The Kier molecular flexibility index (Phi) is 7.50. The summed E-state index contributed by atoms with van der Waals surface area (Å²) in [6.45, 7) is 3.70. The zero-order valence-corrected chi connectivity index (χ0v) is 17.2. The van der Waals surface area contributed by atoms with Gasteiger partial charge in [-0.2, -0.15) is 0 Å². The number of amides is 1. The molecule has 0 spiro atoms. The average Bonchev–Trinajstić information content (AvgIpc) is 2.67. The number of piperidine rings is 1. The number of nitrogens with zero attached hydrogens (tertiary/aromatic N) is 1. The lowest BCUT2D eigenvalue weighted by Gasteiger charge is -2.30. The van der Waals surface area contributed by atoms with Crippen LogP contribution in [-0.2, 0) is 4.79 Å². The van der Waals surface area contributed by atoms with E-state index in [0.717, 1.165) is 37.1 Å². The fraction of sp³-hybridized carbons (Fsp3) is 0.409. The Morgan fingerprint density at radius 2 is 2.00 bits per heavy atom. The largest absolute Gasteiger partial charge is 0.491 e. The molecule has 29 heavy (non-hydrogen) atoms. The molecule has 1 amide bonds. The first-order chi connectivity index (χ1) is 13.9. The monoisotopic (exact) mass is 418 g/mol. The van der Waals surface area contributed by atoms with Crippen LogP contribution >= 0.6 is 11.6 Å². The molecule has 6 nitrogen and oxygen atoms in total. The van der Waals surface area contributed by atoms with Gasteiger partial charge in [0.1, 0.15) is 18.5 Å². The lowest BCUT2D eigenvalue weighted by atomic mass is 10.0. The molecule has 7 heteroatoms. The average molecular weight is 419 g/mol. The van der Waals surface area contributed by atoms with E-state index in [2.05, 4.69) is 10.2 Å². The summed E-state index contributed by atoms with van der Waals surface area (Å²) in [6.07, 6.45) is 0.621. The van der Waals surface area contributed by atoms with E-state index in [1.807, 2.05) is 36.4 Å².